The number of benzene rings is 1. The molecule has 1 aromatic rings. The summed E-state index contributed by atoms with van der Waals surface area (Å²) in [5, 5.41) is 0. The average molecular weight is 301 g/mol. The first-order valence-corrected chi connectivity index (χ1v) is 7.90. The van der Waals surface area contributed by atoms with Gasteiger partial charge in [0.05, 0.1) is 12.0 Å². The van der Waals surface area contributed by atoms with Crippen molar-refractivity contribution in [3.05, 3.63) is 35.4 Å². The topological polar surface area (TPSA) is 66.6 Å². The third-order valence-electron chi connectivity index (χ3n) is 4.74. The first-order valence-electron chi connectivity index (χ1n) is 7.90. The van der Waals surface area contributed by atoms with Gasteiger partial charge in [0, 0.05) is 26.2 Å². The second-order valence-corrected chi connectivity index (χ2v) is 6.43. The van der Waals surface area contributed by atoms with Crippen molar-refractivity contribution in [1.29, 1.82) is 0 Å². The second kappa shape index (κ2) is 5.72. The maximum absolute atomic E-state index is 12.4. The zero-order valence-electron chi connectivity index (χ0n) is 13.0. The summed E-state index contributed by atoms with van der Waals surface area (Å²) in [4.78, 5) is 28.3. The van der Waals surface area contributed by atoms with Crippen molar-refractivity contribution in [1.82, 2.24) is 9.80 Å². The van der Waals surface area contributed by atoms with E-state index in [0.29, 0.717) is 32.6 Å². The molecule has 118 valence electrons. The van der Waals surface area contributed by atoms with Gasteiger partial charge in [-0.05, 0) is 30.9 Å². The number of piperazine rings is 1. The van der Waals surface area contributed by atoms with Crippen LogP contribution in [0.5, 0.6) is 0 Å². The molecule has 1 aromatic carbocycles. The van der Waals surface area contributed by atoms with Gasteiger partial charge in [-0.25, -0.2) is 0 Å². The van der Waals surface area contributed by atoms with Crippen LogP contribution in [0.15, 0.2) is 24.3 Å². The molecule has 3 rings (SSSR count). The Morgan fingerprint density at radius 1 is 1.09 bits per heavy atom. The minimum atomic E-state index is -0.604. The molecule has 22 heavy (non-hydrogen) atoms. The molecule has 1 aliphatic heterocycles. The molecule has 2 N–H and O–H groups in total. The van der Waals surface area contributed by atoms with Gasteiger partial charge >= 0.3 is 0 Å². The van der Waals surface area contributed by atoms with E-state index < -0.39 is 5.54 Å². The van der Waals surface area contributed by atoms with Gasteiger partial charge in [0.25, 0.3) is 0 Å². The van der Waals surface area contributed by atoms with Gasteiger partial charge < -0.3 is 15.5 Å². The Labute approximate surface area is 131 Å². The van der Waals surface area contributed by atoms with E-state index in [-0.39, 0.29) is 11.8 Å². The van der Waals surface area contributed by atoms with E-state index in [4.69, 9.17) is 5.73 Å². The summed E-state index contributed by atoms with van der Waals surface area (Å²) in [6.07, 6.45) is 2.01. The molecule has 0 atom stereocenters. The number of nitrogens with zero attached hydrogens (tertiary/aromatic N) is 2. The summed E-state index contributed by atoms with van der Waals surface area (Å²) >= 11 is 0. The zero-order valence-corrected chi connectivity index (χ0v) is 13.0. The highest BCUT2D eigenvalue weighted by Crippen LogP contribution is 2.34. The van der Waals surface area contributed by atoms with E-state index in [2.05, 4.69) is 0 Å². The van der Waals surface area contributed by atoms with Gasteiger partial charge in [0.1, 0.15) is 0 Å². The van der Waals surface area contributed by atoms with Crippen LogP contribution in [0.4, 0.5) is 0 Å². The molecule has 2 aliphatic rings. The predicted molar refractivity (Wildman–Crippen MR) is 84.2 cm³/mol. The van der Waals surface area contributed by atoms with Crippen LogP contribution in [0.3, 0.4) is 0 Å². The number of nitrogens with two attached hydrogens (primary N) is 1. The third kappa shape index (κ3) is 2.99. The Bertz CT molecular complexity index is 587. The highest BCUT2D eigenvalue weighted by molar-refractivity contribution is 5.89. The summed E-state index contributed by atoms with van der Waals surface area (Å²) < 4.78 is 0. The minimum Gasteiger partial charge on any atom is -0.339 e. The summed E-state index contributed by atoms with van der Waals surface area (Å²) in [6, 6.07) is 7.96. The molecular formula is C17H23N3O2. The number of aryl methyl sites for hydroxylation is 1. The molecule has 0 aromatic heterocycles. The standard InChI is InChI=1S/C17H23N3O2/c1-13-4-2-3-5-14(13)12-15(21)19-8-10-20(11-9-19)16(22)17(18)6-7-17/h2-5H,6-12,18H2,1H3. The van der Waals surface area contributed by atoms with Crippen molar-refractivity contribution in [2.24, 2.45) is 5.73 Å². The molecule has 1 saturated carbocycles. The lowest BCUT2D eigenvalue weighted by atomic mass is 10.1. The molecule has 1 heterocycles. The Hall–Kier alpha value is -1.88. The maximum atomic E-state index is 12.4. The quantitative estimate of drug-likeness (QED) is 0.893. The fraction of sp³-hybridized carbons (Fsp3) is 0.529. The molecular weight excluding hydrogens is 278 g/mol. The number of hydrogen-bond donors (Lipinski definition) is 1. The molecule has 2 amide bonds. The Morgan fingerprint density at radius 2 is 1.68 bits per heavy atom. The first-order chi connectivity index (χ1) is 10.5. The SMILES string of the molecule is Cc1ccccc1CC(=O)N1CCN(C(=O)C2(N)CC2)CC1. The van der Waals surface area contributed by atoms with Crippen molar-refractivity contribution in [3.63, 3.8) is 0 Å². The van der Waals surface area contributed by atoms with Crippen LogP contribution in [0.25, 0.3) is 0 Å². The fourth-order valence-corrected chi connectivity index (χ4v) is 2.91. The van der Waals surface area contributed by atoms with Crippen LogP contribution < -0.4 is 5.73 Å². The molecule has 0 radical (unpaired) electrons. The summed E-state index contributed by atoms with van der Waals surface area (Å²) in [5.41, 5.74) is 7.57. The summed E-state index contributed by atoms with van der Waals surface area (Å²) in [5.74, 6) is 0.189. The van der Waals surface area contributed by atoms with Crippen molar-refractivity contribution >= 4 is 11.8 Å². The van der Waals surface area contributed by atoms with Crippen LogP contribution in [0, 0.1) is 6.92 Å². The van der Waals surface area contributed by atoms with E-state index in [0.717, 1.165) is 24.0 Å². The number of carbonyl (C=O) groups excluding carboxylic acids is 2. The third-order valence-corrected chi connectivity index (χ3v) is 4.74. The Kier molecular flexibility index (Phi) is 3.91. The maximum Gasteiger partial charge on any atom is 0.242 e. The molecule has 0 unspecified atom stereocenters. The predicted octanol–water partition coefficient (Wildman–Crippen LogP) is 0.700. The van der Waals surface area contributed by atoms with Crippen LogP contribution in [-0.4, -0.2) is 53.3 Å². The van der Waals surface area contributed by atoms with Gasteiger partial charge in [-0.3, -0.25) is 9.59 Å². The van der Waals surface area contributed by atoms with Gasteiger partial charge in [-0.15, -0.1) is 0 Å². The smallest absolute Gasteiger partial charge is 0.242 e. The number of hydrogen-bond acceptors (Lipinski definition) is 3. The van der Waals surface area contributed by atoms with Crippen LogP contribution in [-0.2, 0) is 16.0 Å². The lowest BCUT2D eigenvalue weighted by molar-refractivity contribution is -0.140. The average Bonchev–Trinajstić information content (AvgIpc) is 3.28. The van der Waals surface area contributed by atoms with E-state index in [1.165, 1.54) is 0 Å². The molecule has 0 bridgehead atoms. The van der Waals surface area contributed by atoms with Crippen molar-refractivity contribution < 1.29 is 9.59 Å². The van der Waals surface area contributed by atoms with Crippen molar-refractivity contribution in [2.45, 2.75) is 31.7 Å². The van der Waals surface area contributed by atoms with Gasteiger partial charge in [-0.1, -0.05) is 24.3 Å². The normalized spacial score (nSPS) is 19.9. The van der Waals surface area contributed by atoms with E-state index in [9.17, 15) is 9.59 Å². The molecule has 5 heteroatoms. The number of rotatable bonds is 3. The van der Waals surface area contributed by atoms with E-state index in [1.54, 1.807) is 0 Å². The minimum absolute atomic E-state index is 0.0542. The molecule has 1 aliphatic carbocycles. The second-order valence-electron chi connectivity index (χ2n) is 6.43. The number of amides is 2. The van der Waals surface area contributed by atoms with Crippen LogP contribution in [0.2, 0.25) is 0 Å². The van der Waals surface area contributed by atoms with E-state index in [1.807, 2.05) is 41.0 Å². The summed E-state index contributed by atoms with van der Waals surface area (Å²) in [7, 11) is 0. The molecule has 0 spiro atoms. The fourth-order valence-electron chi connectivity index (χ4n) is 2.91. The van der Waals surface area contributed by atoms with Gasteiger partial charge in [0.2, 0.25) is 11.8 Å². The molecule has 1 saturated heterocycles. The number of carbonyl (C=O) groups is 2. The molecule has 5 nitrogen and oxygen atoms in total. The van der Waals surface area contributed by atoms with Crippen molar-refractivity contribution in [3.8, 4) is 0 Å². The first kappa shape index (κ1) is 15.0. The largest absolute Gasteiger partial charge is 0.339 e. The lowest BCUT2D eigenvalue weighted by Gasteiger charge is -2.36. The Balaban J connectivity index is 1.54. The zero-order chi connectivity index (χ0) is 15.7. The summed E-state index contributed by atoms with van der Waals surface area (Å²) in [6.45, 7) is 4.42. The Morgan fingerprint density at radius 3 is 2.27 bits per heavy atom. The van der Waals surface area contributed by atoms with Crippen LogP contribution in [0.1, 0.15) is 24.0 Å². The monoisotopic (exact) mass is 301 g/mol. The van der Waals surface area contributed by atoms with Crippen molar-refractivity contribution in [2.75, 3.05) is 26.2 Å². The molecule has 2 fully saturated rings. The highest BCUT2D eigenvalue weighted by atomic mass is 16.2. The van der Waals surface area contributed by atoms with Gasteiger partial charge in [0.15, 0.2) is 0 Å². The van der Waals surface area contributed by atoms with Crippen LogP contribution >= 0.6 is 0 Å². The van der Waals surface area contributed by atoms with E-state index >= 15 is 0 Å². The van der Waals surface area contributed by atoms with Gasteiger partial charge in [-0.2, -0.15) is 0 Å². The highest BCUT2D eigenvalue weighted by Gasteiger charge is 2.48. The lowest BCUT2D eigenvalue weighted by Crippen LogP contribution is -2.55.